The topological polar surface area (TPSA) is 81.2 Å². The van der Waals surface area contributed by atoms with Crippen molar-refractivity contribution < 1.29 is 5.11 Å². The summed E-state index contributed by atoms with van der Waals surface area (Å²) in [4.78, 5) is 17.4. The van der Waals surface area contributed by atoms with Gasteiger partial charge in [-0.25, -0.2) is 0 Å². The Bertz CT molecular complexity index is 1080. The second kappa shape index (κ2) is 5.11. The van der Waals surface area contributed by atoms with E-state index >= 15 is 0 Å². The molecular weight excluding hydrogens is 382 g/mol. The Labute approximate surface area is 143 Å². The zero-order chi connectivity index (χ0) is 16.1. The van der Waals surface area contributed by atoms with Gasteiger partial charge in [-0.3, -0.25) is 0 Å². The molecule has 5 nitrogen and oxygen atoms in total. The predicted molar refractivity (Wildman–Crippen MR) is 95.4 cm³/mol. The molecule has 2 aromatic carbocycles. The van der Waals surface area contributed by atoms with E-state index in [0.717, 1.165) is 10.9 Å². The third kappa shape index (κ3) is 2.06. The van der Waals surface area contributed by atoms with Crippen LogP contribution >= 0.6 is 27.5 Å². The Morgan fingerprint density at radius 3 is 2.65 bits per heavy atom. The van der Waals surface area contributed by atoms with Crippen LogP contribution in [0.5, 0.6) is 5.88 Å². The number of benzene rings is 2. The molecule has 0 bridgehead atoms. The van der Waals surface area contributed by atoms with Crippen LogP contribution < -0.4 is 0 Å². The Morgan fingerprint density at radius 1 is 1.09 bits per heavy atom. The minimum atomic E-state index is -0.0503. The molecule has 4 rings (SSSR count). The Morgan fingerprint density at radius 2 is 1.87 bits per heavy atom. The maximum absolute atomic E-state index is 11.4. The summed E-state index contributed by atoms with van der Waals surface area (Å²) in [6.45, 7) is 0. The van der Waals surface area contributed by atoms with Gasteiger partial charge < -0.3 is 15.1 Å². The van der Waals surface area contributed by atoms with E-state index in [1.54, 1.807) is 12.1 Å². The fourth-order valence-electron chi connectivity index (χ4n) is 2.83. The first-order valence-corrected chi connectivity index (χ1v) is 7.91. The van der Waals surface area contributed by atoms with Crippen LogP contribution in [0.3, 0.4) is 0 Å². The minimum absolute atomic E-state index is 0.0503. The molecule has 0 atom stereocenters. The number of aromatic nitrogens is 2. The third-order valence-corrected chi connectivity index (χ3v) is 5.04. The van der Waals surface area contributed by atoms with Gasteiger partial charge in [0.05, 0.1) is 21.8 Å². The van der Waals surface area contributed by atoms with Crippen LogP contribution in [0.4, 0.5) is 5.69 Å². The van der Waals surface area contributed by atoms with Gasteiger partial charge >= 0.3 is 0 Å². The molecule has 4 aromatic rings. The van der Waals surface area contributed by atoms with Gasteiger partial charge in [0.25, 0.3) is 0 Å². The van der Waals surface area contributed by atoms with E-state index in [9.17, 15) is 10.0 Å². The molecule has 23 heavy (non-hydrogen) atoms. The Balaban J connectivity index is 2.12. The van der Waals surface area contributed by atoms with Gasteiger partial charge in [0, 0.05) is 20.8 Å². The summed E-state index contributed by atoms with van der Waals surface area (Å²) in [6, 6.07) is 10.9. The monoisotopic (exact) mass is 389 g/mol. The van der Waals surface area contributed by atoms with Crippen molar-refractivity contribution in [3.8, 4) is 17.1 Å². The van der Waals surface area contributed by atoms with Gasteiger partial charge in [-0.1, -0.05) is 29.8 Å². The lowest BCUT2D eigenvalue weighted by Gasteiger charge is -2.00. The van der Waals surface area contributed by atoms with Crippen LogP contribution in [-0.4, -0.2) is 15.1 Å². The molecule has 2 aromatic heterocycles. The van der Waals surface area contributed by atoms with Crippen LogP contribution in [0.15, 0.2) is 46.0 Å². The molecule has 0 fully saturated rings. The number of fused-ring (bicyclic) bond motifs is 2. The van der Waals surface area contributed by atoms with Crippen molar-refractivity contribution >= 4 is 55.0 Å². The second-order valence-electron chi connectivity index (χ2n) is 5.15. The van der Waals surface area contributed by atoms with Crippen molar-refractivity contribution in [2.45, 2.75) is 0 Å². The van der Waals surface area contributed by atoms with Crippen LogP contribution in [-0.2, 0) is 0 Å². The molecule has 0 saturated carbocycles. The Kier molecular flexibility index (Phi) is 3.18. The smallest absolute Gasteiger partial charge is 0.199 e. The van der Waals surface area contributed by atoms with Crippen molar-refractivity contribution in [1.29, 1.82) is 0 Å². The summed E-state index contributed by atoms with van der Waals surface area (Å²) < 4.78 is 0.698. The van der Waals surface area contributed by atoms with E-state index in [4.69, 9.17) is 11.6 Å². The molecule has 0 aliphatic heterocycles. The van der Waals surface area contributed by atoms with E-state index in [1.807, 2.05) is 24.3 Å². The minimum Gasteiger partial charge on any atom is -0.494 e. The first-order valence-electron chi connectivity index (χ1n) is 6.74. The fraction of sp³-hybridized carbons (Fsp3) is 0. The van der Waals surface area contributed by atoms with Crippen LogP contribution in [0.2, 0.25) is 5.02 Å². The number of rotatable bonds is 2. The largest absolute Gasteiger partial charge is 0.494 e. The van der Waals surface area contributed by atoms with Crippen LogP contribution in [0, 0.1) is 4.91 Å². The maximum atomic E-state index is 11.4. The number of nitrogens with one attached hydrogen (secondary N) is 2. The lowest BCUT2D eigenvalue weighted by atomic mass is 10.1. The normalized spacial score (nSPS) is 11.4. The van der Waals surface area contributed by atoms with Gasteiger partial charge in [0.2, 0.25) is 0 Å². The molecule has 114 valence electrons. The van der Waals surface area contributed by atoms with Gasteiger partial charge in [-0.15, -0.1) is 4.91 Å². The number of aromatic hydroxyl groups is 1. The molecule has 3 N–H and O–H groups in total. The molecule has 0 spiro atoms. The summed E-state index contributed by atoms with van der Waals surface area (Å²) in [5, 5.41) is 15.5. The fourth-order valence-corrected chi connectivity index (χ4v) is 3.34. The zero-order valence-corrected chi connectivity index (χ0v) is 13.9. The SMILES string of the molecule is O=Nc1c(-c2c(O)[nH]c3cc(Cl)c(Br)cc23)[nH]c2ccccc12. The molecule has 0 amide bonds. The van der Waals surface area contributed by atoms with Crippen molar-refractivity contribution in [3.63, 3.8) is 0 Å². The van der Waals surface area contributed by atoms with Crippen molar-refractivity contribution in [3.05, 3.63) is 50.8 Å². The Hall–Kier alpha value is -2.31. The summed E-state index contributed by atoms with van der Waals surface area (Å²) in [5.41, 5.74) is 2.67. The number of H-pyrrole nitrogens is 2. The number of halogens is 2. The predicted octanol–water partition coefficient (Wildman–Crippen LogP) is 5.84. The lowest BCUT2D eigenvalue weighted by Crippen LogP contribution is -1.78. The molecule has 0 aliphatic rings. The first kappa shape index (κ1) is 14.3. The van der Waals surface area contributed by atoms with Gasteiger partial charge in [-0.05, 0) is 39.3 Å². The molecule has 7 heteroatoms. The summed E-state index contributed by atoms with van der Waals surface area (Å²) in [6.07, 6.45) is 0. The molecule has 0 radical (unpaired) electrons. The highest BCUT2D eigenvalue weighted by molar-refractivity contribution is 9.10. The van der Waals surface area contributed by atoms with E-state index in [2.05, 4.69) is 31.1 Å². The van der Waals surface area contributed by atoms with Crippen LogP contribution in [0.1, 0.15) is 0 Å². The van der Waals surface area contributed by atoms with Crippen molar-refractivity contribution in [2.24, 2.45) is 5.18 Å². The highest BCUT2D eigenvalue weighted by atomic mass is 79.9. The average Bonchev–Trinajstić information content (AvgIpc) is 3.04. The zero-order valence-electron chi connectivity index (χ0n) is 11.5. The molecular formula is C16H9BrClN3O2. The molecule has 0 saturated heterocycles. The highest BCUT2D eigenvalue weighted by Crippen LogP contribution is 2.45. The summed E-state index contributed by atoms with van der Waals surface area (Å²) in [7, 11) is 0. The number of para-hydroxylation sites is 1. The molecule has 2 heterocycles. The summed E-state index contributed by atoms with van der Waals surface area (Å²) >= 11 is 9.47. The van der Waals surface area contributed by atoms with Gasteiger partial charge in [0.15, 0.2) is 5.88 Å². The quantitative estimate of drug-likeness (QED) is 0.376. The second-order valence-corrected chi connectivity index (χ2v) is 6.41. The van der Waals surface area contributed by atoms with E-state index in [1.165, 1.54) is 0 Å². The number of aromatic amines is 2. The third-order valence-electron chi connectivity index (χ3n) is 3.84. The average molecular weight is 391 g/mol. The number of nitroso groups, excluding NO2 is 1. The first-order chi connectivity index (χ1) is 11.1. The number of nitrogens with zero attached hydrogens (tertiary/aromatic N) is 1. The number of hydrogen-bond donors (Lipinski definition) is 3. The van der Waals surface area contributed by atoms with E-state index in [0.29, 0.717) is 31.7 Å². The van der Waals surface area contributed by atoms with E-state index in [-0.39, 0.29) is 11.6 Å². The highest BCUT2D eigenvalue weighted by Gasteiger charge is 2.21. The standard InChI is InChI=1S/C16H9BrClN3O2/c17-9-5-8-12(6-10(9)18)20-16(22)13(8)15-14(21-23)7-3-1-2-4-11(7)19-15/h1-6,19-20,22H. The number of hydrogen-bond acceptors (Lipinski definition) is 3. The van der Waals surface area contributed by atoms with Crippen molar-refractivity contribution in [2.75, 3.05) is 0 Å². The van der Waals surface area contributed by atoms with Gasteiger partial charge in [-0.2, -0.15) is 0 Å². The maximum Gasteiger partial charge on any atom is 0.199 e. The van der Waals surface area contributed by atoms with Gasteiger partial charge in [0.1, 0.15) is 5.69 Å². The summed E-state index contributed by atoms with van der Waals surface area (Å²) in [5.74, 6) is -0.0503. The van der Waals surface area contributed by atoms with Crippen LogP contribution in [0.25, 0.3) is 33.1 Å². The molecule has 0 unspecified atom stereocenters. The van der Waals surface area contributed by atoms with Crippen molar-refractivity contribution in [1.82, 2.24) is 9.97 Å². The molecule has 0 aliphatic carbocycles. The van der Waals surface area contributed by atoms with E-state index < -0.39 is 0 Å². The lowest BCUT2D eigenvalue weighted by molar-refractivity contribution is 0.460.